The topological polar surface area (TPSA) is 51.2 Å². The first-order valence-electron chi connectivity index (χ1n) is 4.97. The van der Waals surface area contributed by atoms with Gasteiger partial charge in [-0.3, -0.25) is 4.79 Å². The molecule has 1 heterocycles. The van der Waals surface area contributed by atoms with Crippen molar-refractivity contribution in [3.05, 3.63) is 16.1 Å². The summed E-state index contributed by atoms with van der Waals surface area (Å²) < 4.78 is 4.57. The van der Waals surface area contributed by atoms with Crippen molar-refractivity contribution in [1.82, 2.24) is 10.3 Å². The molecule has 0 saturated heterocycles. The fourth-order valence-corrected chi connectivity index (χ4v) is 1.91. The van der Waals surface area contributed by atoms with Gasteiger partial charge in [0.2, 0.25) is 0 Å². The Labute approximate surface area is 93.7 Å². The Hall–Kier alpha value is -0.940. The van der Waals surface area contributed by atoms with E-state index in [1.54, 1.807) is 11.3 Å². The Morgan fingerprint density at radius 3 is 3.13 bits per heavy atom. The molecule has 0 amide bonds. The summed E-state index contributed by atoms with van der Waals surface area (Å²) in [6, 6.07) is 0. The molecule has 0 atom stereocenters. The number of hydrogen-bond donors (Lipinski definition) is 1. The number of carbonyl (C=O) groups is 1. The van der Waals surface area contributed by atoms with Crippen molar-refractivity contribution < 1.29 is 9.53 Å². The summed E-state index contributed by atoms with van der Waals surface area (Å²) in [4.78, 5) is 15.3. The van der Waals surface area contributed by atoms with E-state index in [1.807, 2.05) is 5.38 Å². The first-order valence-corrected chi connectivity index (χ1v) is 5.85. The van der Waals surface area contributed by atoms with Crippen LogP contribution < -0.4 is 5.32 Å². The molecule has 0 aromatic carbocycles. The lowest BCUT2D eigenvalue weighted by atomic mass is 10.2. The molecule has 84 valence electrons. The molecule has 15 heavy (non-hydrogen) atoms. The van der Waals surface area contributed by atoms with Crippen LogP contribution in [0.3, 0.4) is 0 Å². The Morgan fingerprint density at radius 2 is 2.47 bits per heavy atom. The number of nitrogens with one attached hydrogen (secondary N) is 1. The van der Waals surface area contributed by atoms with Crippen molar-refractivity contribution in [1.29, 1.82) is 0 Å². The third-order valence-corrected chi connectivity index (χ3v) is 2.84. The van der Waals surface area contributed by atoms with Crippen LogP contribution in [0.25, 0.3) is 0 Å². The number of rotatable bonds is 6. The second-order valence-corrected chi connectivity index (χ2v) is 4.03. The van der Waals surface area contributed by atoms with Crippen molar-refractivity contribution in [2.24, 2.45) is 0 Å². The Kier molecular flexibility index (Phi) is 5.28. The number of hydrogen-bond acceptors (Lipinski definition) is 5. The molecule has 4 nitrogen and oxygen atoms in total. The molecular formula is C10H16N2O2S. The van der Waals surface area contributed by atoms with Crippen molar-refractivity contribution in [3.63, 3.8) is 0 Å². The number of methoxy groups -OCH3 is 1. The van der Waals surface area contributed by atoms with E-state index in [-0.39, 0.29) is 5.97 Å². The van der Waals surface area contributed by atoms with Gasteiger partial charge >= 0.3 is 5.97 Å². The number of aromatic nitrogens is 1. The van der Waals surface area contributed by atoms with Crippen molar-refractivity contribution in [3.8, 4) is 0 Å². The maximum Gasteiger partial charge on any atom is 0.305 e. The highest BCUT2D eigenvalue weighted by molar-refractivity contribution is 7.09. The summed E-state index contributed by atoms with van der Waals surface area (Å²) in [6.07, 6.45) is 1.07. The SMILES string of the molecule is CCNCc1nc(CCC(=O)OC)cs1. The van der Waals surface area contributed by atoms with E-state index in [0.29, 0.717) is 12.8 Å². The minimum atomic E-state index is -0.184. The molecular weight excluding hydrogens is 212 g/mol. The molecule has 0 fully saturated rings. The zero-order chi connectivity index (χ0) is 11.1. The van der Waals surface area contributed by atoms with E-state index in [2.05, 4.69) is 22.0 Å². The third kappa shape index (κ3) is 4.40. The number of nitrogens with zero attached hydrogens (tertiary/aromatic N) is 1. The van der Waals surface area contributed by atoms with E-state index in [4.69, 9.17) is 0 Å². The molecule has 1 rings (SSSR count). The molecule has 1 N–H and O–H groups in total. The fraction of sp³-hybridized carbons (Fsp3) is 0.600. The second-order valence-electron chi connectivity index (χ2n) is 3.09. The summed E-state index contributed by atoms with van der Waals surface area (Å²) in [5.74, 6) is -0.184. The Morgan fingerprint density at radius 1 is 1.67 bits per heavy atom. The quantitative estimate of drug-likeness (QED) is 0.747. The summed E-state index contributed by atoms with van der Waals surface area (Å²) in [5, 5.41) is 6.27. The minimum Gasteiger partial charge on any atom is -0.469 e. The highest BCUT2D eigenvalue weighted by atomic mass is 32.1. The normalized spacial score (nSPS) is 10.3. The lowest BCUT2D eigenvalue weighted by molar-refractivity contribution is -0.140. The molecule has 0 radical (unpaired) electrons. The standard InChI is InChI=1S/C10H16N2O2S/c1-3-11-6-9-12-8(7-15-9)4-5-10(13)14-2/h7,11H,3-6H2,1-2H3. The fourth-order valence-electron chi connectivity index (χ4n) is 1.11. The maximum atomic E-state index is 10.9. The molecule has 5 heteroatoms. The molecule has 0 aliphatic carbocycles. The largest absolute Gasteiger partial charge is 0.469 e. The summed E-state index contributed by atoms with van der Waals surface area (Å²) in [6.45, 7) is 3.81. The average molecular weight is 228 g/mol. The van der Waals surface area contributed by atoms with E-state index in [1.165, 1.54) is 7.11 Å². The van der Waals surface area contributed by atoms with Gasteiger partial charge in [0.25, 0.3) is 0 Å². The number of carbonyl (C=O) groups excluding carboxylic acids is 1. The van der Waals surface area contributed by atoms with Gasteiger partial charge in [0.15, 0.2) is 0 Å². The molecule has 1 aromatic heterocycles. The van der Waals surface area contributed by atoms with Crippen LogP contribution in [-0.4, -0.2) is 24.6 Å². The van der Waals surface area contributed by atoms with Crippen LogP contribution in [0.2, 0.25) is 0 Å². The minimum absolute atomic E-state index is 0.184. The molecule has 0 saturated carbocycles. The molecule has 0 unspecified atom stereocenters. The number of esters is 1. The summed E-state index contributed by atoms with van der Waals surface area (Å²) in [5.41, 5.74) is 0.971. The number of thiazole rings is 1. The smallest absolute Gasteiger partial charge is 0.305 e. The van der Waals surface area contributed by atoms with E-state index < -0.39 is 0 Å². The number of aryl methyl sites for hydroxylation is 1. The van der Waals surface area contributed by atoms with Crippen LogP contribution in [0.1, 0.15) is 24.0 Å². The summed E-state index contributed by atoms with van der Waals surface area (Å²) >= 11 is 1.62. The zero-order valence-corrected chi connectivity index (χ0v) is 9.89. The van der Waals surface area contributed by atoms with Gasteiger partial charge in [-0.25, -0.2) is 4.98 Å². The van der Waals surface area contributed by atoms with Crippen LogP contribution in [0, 0.1) is 0 Å². The van der Waals surface area contributed by atoms with Crippen LogP contribution in [0.5, 0.6) is 0 Å². The third-order valence-electron chi connectivity index (χ3n) is 1.94. The first-order chi connectivity index (χ1) is 7.26. The average Bonchev–Trinajstić information content (AvgIpc) is 2.71. The lowest BCUT2D eigenvalue weighted by Gasteiger charge is -1.97. The van der Waals surface area contributed by atoms with Crippen LogP contribution in [0.15, 0.2) is 5.38 Å². The van der Waals surface area contributed by atoms with Crippen molar-refractivity contribution >= 4 is 17.3 Å². The van der Waals surface area contributed by atoms with E-state index in [9.17, 15) is 4.79 Å². The Bertz CT molecular complexity index is 312. The van der Waals surface area contributed by atoms with Gasteiger partial charge in [0.1, 0.15) is 5.01 Å². The second kappa shape index (κ2) is 6.53. The van der Waals surface area contributed by atoms with Gasteiger partial charge in [0.05, 0.1) is 19.2 Å². The lowest BCUT2D eigenvalue weighted by Crippen LogP contribution is -2.11. The van der Waals surface area contributed by atoms with Crippen LogP contribution >= 0.6 is 11.3 Å². The van der Waals surface area contributed by atoms with Gasteiger partial charge in [-0.2, -0.15) is 0 Å². The molecule has 0 aliphatic rings. The van der Waals surface area contributed by atoms with Crippen molar-refractivity contribution in [2.45, 2.75) is 26.3 Å². The summed E-state index contributed by atoms with van der Waals surface area (Å²) in [7, 11) is 1.40. The Balaban J connectivity index is 2.35. The van der Waals surface area contributed by atoms with Gasteiger partial charge in [-0.05, 0) is 6.54 Å². The number of ether oxygens (including phenoxy) is 1. The molecule has 0 aliphatic heterocycles. The zero-order valence-electron chi connectivity index (χ0n) is 9.08. The predicted molar refractivity (Wildman–Crippen MR) is 59.8 cm³/mol. The van der Waals surface area contributed by atoms with Gasteiger partial charge in [0, 0.05) is 18.3 Å². The maximum absolute atomic E-state index is 10.9. The highest BCUT2D eigenvalue weighted by Gasteiger charge is 2.05. The monoisotopic (exact) mass is 228 g/mol. The van der Waals surface area contributed by atoms with Gasteiger partial charge < -0.3 is 10.1 Å². The van der Waals surface area contributed by atoms with E-state index in [0.717, 1.165) is 23.8 Å². The molecule has 0 bridgehead atoms. The van der Waals surface area contributed by atoms with Crippen molar-refractivity contribution in [2.75, 3.05) is 13.7 Å². The first kappa shape index (κ1) is 12.1. The van der Waals surface area contributed by atoms with Gasteiger partial charge in [-0.15, -0.1) is 11.3 Å². The molecule has 0 spiro atoms. The predicted octanol–water partition coefficient (Wildman–Crippen LogP) is 1.36. The van der Waals surface area contributed by atoms with E-state index >= 15 is 0 Å². The van der Waals surface area contributed by atoms with Gasteiger partial charge in [-0.1, -0.05) is 6.92 Å². The van der Waals surface area contributed by atoms with Crippen LogP contribution in [0.4, 0.5) is 0 Å². The van der Waals surface area contributed by atoms with Crippen LogP contribution in [-0.2, 0) is 22.5 Å². The molecule has 1 aromatic rings. The highest BCUT2D eigenvalue weighted by Crippen LogP contribution is 2.11.